The van der Waals surface area contributed by atoms with Gasteiger partial charge in [0.15, 0.2) is 0 Å². The molecule has 0 aromatic heterocycles. The van der Waals surface area contributed by atoms with Crippen LogP contribution in [0, 0.1) is 0 Å². The molecule has 0 saturated heterocycles. The molecule has 0 radical (unpaired) electrons. The lowest BCUT2D eigenvalue weighted by Crippen LogP contribution is -2.14. The highest BCUT2D eigenvalue weighted by Gasteiger charge is 2.25. The molecule has 2 aromatic rings. The van der Waals surface area contributed by atoms with Crippen LogP contribution in [-0.4, -0.2) is 22.2 Å². The summed E-state index contributed by atoms with van der Waals surface area (Å²) in [5.74, 6) is -1.29. The number of unbranched alkanes of at least 4 members (excludes halogenated alkanes) is 1. The van der Waals surface area contributed by atoms with Crippen molar-refractivity contribution in [2.45, 2.75) is 50.4 Å². The lowest BCUT2D eigenvalue weighted by Gasteiger charge is -2.28. The molecule has 2 N–H and O–H groups in total. The molecule has 4 nitrogen and oxygen atoms in total. The van der Waals surface area contributed by atoms with E-state index in [-0.39, 0.29) is 24.7 Å². The van der Waals surface area contributed by atoms with Gasteiger partial charge in [-0.15, -0.1) is 0 Å². The third-order valence-corrected chi connectivity index (χ3v) is 4.77. The monoisotopic (exact) mass is 354 g/mol. The predicted octanol–water partition coefficient (Wildman–Crippen LogP) is 5.06. The van der Waals surface area contributed by atoms with E-state index in [4.69, 9.17) is 5.11 Å². The fourth-order valence-electron chi connectivity index (χ4n) is 3.52. The second-order valence-corrected chi connectivity index (χ2v) is 6.61. The van der Waals surface area contributed by atoms with Gasteiger partial charge in [-0.2, -0.15) is 0 Å². The van der Waals surface area contributed by atoms with Crippen molar-refractivity contribution in [2.75, 3.05) is 0 Å². The minimum atomic E-state index is -0.788. The van der Waals surface area contributed by atoms with E-state index in [0.717, 1.165) is 18.4 Å². The van der Waals surface area contributed by atoms with Gasteiger partial charge in [0, 0.05) is 12.8 Å². The molecule has 0 spiro atoms. The van der Waals surface area contributed by atoms with Gasteiger partial charge in [0.1, 0.15) is 0 Å². The van der Waals surface area contributed by atoms with Gasteiger partial charge in [-0.25, -0.2) is 0 Å². The van der Waals surface area contributed by atoms with E-state index >= 15 is 0 Å². The highest BCUT2D eigenvalue weighted by atomic mass is 16.4. The Kier molecular flexibility index (Phi) is 7.87. The maximum absolute atomic E-state index is 11.2. The molecule has 2 rings (SSSR count). The molecule has 0 saturated carbocycles. The van der Waals surface area contributed by atoms with Crippen molar-refractivity contribution in [1.82, 2.24) is 0 Å². The summed E-state index contributed by atoms with van der Waals surface area (Å²) in [6.07, 6.45) is 3.15. The van der Waals surface area contributed by atoms with E-state index < -0.39 is 11.9 Å². The number of benzene rings is 2. The molecule has 138 valence electrons. The summed E-state index contributed by atoms with van der Waals surface area (Å²) in [6, 6.07) is 20.2. The summed E-state index contributed by atoms with van der Waals surface area (Å²) >= 11 is 0. The van der Waals surface area contributed by atoms with Crippen molar-refractivity contribution in [2.24, 2.45) is 0 Å². The summed E-state index contributed by atoms with van der Waals surface area (Å²) in [5.41, 5.74) is 2.32. The highest BCUT2D eigenvalue weighted by molar-refractivity contribution is 5.67. The maximum Gasteiger partial charge on any atom is 0.303 e. The smallest absolute Gasteiger partial charge is 0.303 e. The van der Waals surface area contributed by atoms with Crippen LogP contribution in [0.4, 0.5) is 0 Å². The van der Waals surface area contributed by atoms with Gasteiger partial charge in [0.2, 0.25) is 0 Å². The molecule has 2 aromatic carbocycles. The Morgan fingerprint density at radius 3 is 1.58 bits per heavy atom. The van der Waals surface area contributed by atoms with Gasteiger partial charge in [0.05, 0.1) is 0 Å². The van der Waals surface area contributed by atoms with Crippen molar-refractivity contribution >= 4 is 11.9 Å². The fourth-order valence-corrected chi connectivity index (χ4v) is 3.52. The van der Waals surface area contributed by atoms with E-state index in [0.29, 0.717) is 12.8 Å². The lowest BCUT2D eigenvalue weighted by atomic mass is 9.76. The molecule has 0 aliphatic rings. The number of carboxylic acid groups (broad SMARTS) is 2. The first-order chi connectivity index (χ1) is 12.6. The van der Waals surface area contributed by atoms with Gasteiger partial charge < -0.3 is 10.2 Å². The molecule has 0 amide bonds. The maximum atomic E-state index is 11.2. The molecule has 0 bridgehead atoms. The quantitative estimate of drug-likeness (QED) is 0.553. The van der Waals surface area contributed by atoms with Gasteiger partial charge in [-0.3, -0.25) is 9.59 Å². The molecule has 0 fully saturated rings. The number of carbonyl (C=O) groups is 2. The van der Waals surface area contributed by atoms with Crippen LogP contribution in [0.25, 0.3) is 0 Å². The summed E-state index contributed by atoms with van der Waals surface area (Å²) in [7, 11) is 0. The van der Waals surface area contributed by atoms with Crippen LogP contribution < -0.4 is 0 Å². The second-order valence-electron chi connectivity index (χ2n) is 6.61. The van der Waals surface area contributed by atoms with Crippen LogP contribution in [0.15, 0.2) is 60.7 Å². The predicted molar refractivity (Wildman–Crippen MR) is 101 cm³/mol. The van der Waals surface area contributed by atoms with E-state index in [1.165, 1.54) is 5.56 Å². The standard InChI is InChI=1S/C22H26O4/c23-21(24)14-8-7-13-19(17-9-3-1-4-10-17)20(15-16-22(25)26)18-11-5-2-6-12-18/h1-6,9-12,19-20H,7-8,13-16H2,(H,23,24)(H,25,26). The van der Waals surface area contributed by atoms with E-state index in [2.05, 4.69) is 24.3 Å². The summed E-state index contributed by atoms with van der Waals surface area (Å²) in [4.78, 5) is 21.9. The number of hydrogen-bond donors (Lipinski definition) is 2. The molecule has 4 heteroatoms. The van der Waals surface area contributed by atoms with Gasteiger partial charge >= 0.3 is 11.9 Å². The minimum absolute atomic E-state index is 0.0968. The average Bonchev–Trinajstić information content (AvgIpc) is 2.64. The molecule has 0 aliphatic heterocycles. The lowest BCUT2D eigenvalue weighted by molar-refractivity contribution is -0.138. The van der Waals surface area contributed by atoms with Crippen LogP contribution in [0.1, 0.15) is 61.5 Å². The molecule has 0 aliphatic carbocycles. The van der Waals surface area contributed by atoms with Crippen molar-refractivity contribution < 1.29 is 19.8 Å². The first kappa shape index (κ1) is 19.7. The zero-order valence-corrected chi connectivity index (χ0v) is 14.9. The van der Waals surface area contributed by atoms with Gasteiger partial charge in [0.25, 0.3) is 0 Å². The Morgan fingerprint density at radius 1 is 0.654 bits per heavy atom. The molecule has 0 heterocycles. The normalized spacial score (nSPS) is 13.1. The van der Waals surface area contributed by atoms with Crippen LogP contribution in [0.3, 0.4) is 0 Å². The first-order valence-electron chi connectivity index (χ1n) is 9.11. The Hall–Kier alpha value is -2.62. The van der Waals surface area contributed by atoms with E-state index in [1.54, 1.807) is 0 Å². The highest BCUT2D eigenvalue weighted by Crippen LogP contribution is 2.40. The third-order valence-electron chi connectivity index (χ3n) is 4.77. The van der Waals surface area contributed by atoms with E-state index in [9.17, 15) is 14.7 Å². The molecule has 2 unspecified atom stereocenters. The van der Waals surface area contributed by atoms with Gasteiger partial charge in [-0.05, 0) is 42.2 Å². The first-order valence-corrected chi connectivity index (χ1v) is 9.11. The zero-order valence-electron chi connectivity index (χ0n) is 14.9. The Morgan fingerprint density at radius 2 is 1.12 bits per heavy atom. The third kappa shape index (κ3) is 6.36. The fraction of sp³-hybridized carbons (Fsp3) is 0.364. The van der Waals surface area contributed by atoms with Crippen molar-refractivity contribution in [3.8, 4) is 0 Å². The van der Waals surface area contributed by atoms with Crippen molar-refractivity contribution in [1.29, 1.82) is 0 Å². The molecule has 2 atom stereocenters. The van der Waals surface area contributed by atoms with Crippen LogP contribution >= 0.6 is 0 Å². The largest absolute Gasteiger partial charge is 0.481 e. The average molecular weight is 354 g/mol. The topological polar surface area (TPSA) is 74.6 Å². The van der Waals surface area contributed by atoms with Crippen LogP contribution in [0.5, 0.6) is 0 Å². The van der Waals surface area contributed by atoms with Crippen molar-refractivity contribution in [3.63, 3.8) is 0 Å². The Labute approximate surface area is 154 Å². The van der Waals surface area contributed by atoms with E-state index in [1.807, 2.05) is 36.4 Å². The van der Waals surface area contributed by atoms with Crippen LogP contribution in [0.2, 0.25) is 0 Å². The van der Waals surface area contributed by atoms with Gasteiger partial charge in [-0.1, -0.05) is 67.1 Å². The number of hydrogen-bond acceptors (Lipinski definition) is 2. The zero-order chi connectivity index (χ0) is 18.8. The second kappa shape index (κ2) is 10.4. The Bertz CT molecular complexity index is 682. The van der Waals surface area contributed by atoms with Crippen molar-refractivity contribution in [3.05, 3.63) is 71.8 Å². The minimum Gasteiger partial charge on any atom is -0.481 e. The molecule has 26 heavy (non-hydrogen) atoms. The summed E-state index contributed by atoms with van der Waals surface area (Å²) in [6.45, 7) is 0. The summed E-state index contributed by atoms with van der Waals surface area (Å²) in [5, 5.41) is 18.0. The molecular weight excluding hydrogens is 328 g/mol. The Balaban J connectivity index is 2.24. The number of carboxylic acids is 2. The number of rotatable bonds is 11. The SMILES string of the molecule is O=C(O)CCCCC(c1ccccc1)C(CCC(=O)O)c1ccccc1. The van der Waals surface area contributed by atoms with Crippen LogP contribution in [-0.2, 0) is 9.59 Å². The summed E-state index contributed by atoms with van der Waals surface area (Å²) < 4.78 is 0. The molecular formula is C22H26O4. The number of aliphatic carboxylic acids is 2.